The van der Waals surface area contributed by atoms with Gasteiger partial charge in [-0.2, -0.15) is 13.8 Å². The van der Waals surface area contributed by atoms with Crippen molar-refractivity contribution in [1.29, 1.82) is 0 Å². The van der Waals surface area contributed by atoms with Gasteiger partial charge < -0.3 is 5.32 Å². The first-order chi connectivity index (χ1) is 9.47. The molecule has 1 aromatic carbocycles. The smallest absolute Gasteiger partial charge is 0.269 e. The molecule has 20 heavy (non-hydrogen) atoms. The van der Waals surface area contributed by atoms with E-state index in [0.717, 1.165) is 24.3 Å². The molecule has 0 unspecified atom stereocenters. The summed E-state index contributed by atoms with van der Waals surface area (Å²) >= 11 is 0. The summed E-state index contributed by atoms with van der Waals surface area (Å²) in [5, 5.41) is 12.7. The SMILES string of the molecule is O=C(Nc1ccc(F)nc1F)c1ccc([N+](=O)[O-])cc1. The molecule has 1 heterocycles. The van der Waals surface area contributed by atoms with E-state index in [1.165, 1.54) is 12.1 Å². The number of nitrogens with zero attached hydrogens (tertiary/aromatic N) is 2. The summed E-state index contributed by atoms with van der Waals surface area (Å²) in [4.78, 5) is 24.5. The van der Waals surface area contributed by atoms with Gasteiger partial charge in [0.2, 0.25) is 11.9 Å². The molecule has 0 atom stereocenters. The van der Waals surface area contributed by atoms with E-state index < -0.39 is 22.7 Å². The van der Waals surface area contributed by atoms with E-state index in [9.17, 15) is 23.7 Å². The minimum atomic E-state index is -1.15. The van der Waals surface area contributed by atoms with Crippen molar-refractivity contribution in [2.75, 3.05) is 5.32 Å². The van der Waals surface area contributed by atoms with Crippen LogP contribution in [0, 0.1) is 22.0 Å². The molecule has 0 saturated carbocycles. The summed E-state index contributed by atoms with van der Waals surface area (Å²) in [7, 11) is 0. The van der Waals surface area contributed by atoms with E-state index in [4.69, 9.17) is 0 Å². The molecule has 0 aliphatic heterocycles. The Morgan fingerprint density at radius 1 is 1.15 bits per heavy atom. The number of nitrogens with one attached hydrogen (secondary N) is 1. The van der Waals surface area contributed by atoms with Crippen molar-refractivity contribution in [3.8, 4) is 0 Å². The standard InChI is InChI=1S/C12H7F2N3O3/c13-10-6-5-9(11(14)16-10)15-12(18)7-1-3-8(4-2-7)17(19)20/h1-6H,(H,15,18). The summed E-state index contributed by atoms with van der Waals surface area (Å²) in [5.74, 6) is -2.84. The lowest BCUT2D eigenvalue weighted by Gasteiger charge is -2.05. The van der Waals surface area contributed by atoms with Gasteiger partial charge in [-0.15, -0.1) is 0 Å². The van der Waals surface area contributed by atoms with Gasteiger partial charge in [0.25, 0.3) is 11.6 Å². The van der Waals surface area contributed by atoms with Crippen LogP contribution in [0.1, 0.15) is 10.4 Å². The normalized spacial score (nSPS) is 10.1. The lowest BCUT2D eigenvalue weighted by molar-refractivity contribution is -0.384. The molecule has 0 radical (unpaired) electrons. The van der Waals surface area contributed by atoms with Crippen molar-refractivity contribution in [3.05, 3.63) is 64.0 Å². The molecule has 8 heteroatoms. The Balaban J connectivity index is 2.17. The quantitative estimate of drug-likeness (QED) is 0.531. The van der Waals surface area contributed by atoms with Crippen LogP contribution in [-0.4, -0.2) is 15.8 Å². The summed E-state index contributed by atoms with van der Waals surface area (Å²) in [6.45, 7) is 0. The second-order valence-corrected chi connectivity index (χ2v) is 3.73. The van der Waals surface area contributed by atoms with Gasteiger partial charge >= 0.3 is 0 Å². The van der Waals surface area contributed by atoms with Crippen molar-refractivity contribution < 1.29 is 18.5 Å². The summed E-state index contributed by atoms with van der Waals surface area (Å²) < 4.78 is 25.8. The van der Waals surface area contributed by atoms with Crippen LogP contribution >= 0.6 is 0 Å². The molecule has 2 rings (SSSR count). The van der Waals surface area contributed by atoms with Gasteiger partial charge in [-0.3, -0.25) is 14.9 Å². The fourth-order valence-corrected chi connectivity index (χ4v) is 1.43. The van der Waals surface area contributed by atoms with Gasteiger partial charge in [0.1, 0.15) is 0 Å². The Labute approximate surface area is 111 Å². The molecule has 0 spiro atoms. The van der Waals surface area contributed by atoms with Gasteiger partial charge in [-0.1, -0.05) is 0 Å². The number of pyridine rings is 1. The van der Waals surface area contributed by atoms with Crippen LogP contribution in [0.5, 0.6) is 0 Å². The summed E-state index contributed by atoms with van der Waals surface area (Å²) in [5.41, 5.74) is -0.356. The topological polar surface area (TPSA) is 85.1 Å². The van der Waals surface area contributed by atoms with E-state index in [0.29, 0.717) is 0 Å². The lowest BCUT2D eigenvalue weighted by atomic mass is 10.2. The highest BCUT2D eigenvalue weighted by Gasteiger charge is 2.12. The largest absolute Gasteiger partial charge is 0.318 e. The highest BCUT2D eigenvalue weighted by Crippen LogP contribution is 2.15. The van der Waals surface area contributed by atoms with Crippen LogP contribution in [0.2, 0.25) is 0 Å². The van der Waals surface area contributed by atoms with Crippen LogP contribution < -0.4 is 5.32 Å². The number of anilines is 1. The molecule has 6 nitrogen and oxygen atoms in total. The Kier molecular flexibility index (Phi) is 3.65. The van der Waals surface area contributed by atoms with Crippen LogP contribution in [0.15, 0.2) is 36.4 Å². The van der Waals surface area contributed by atoms with Crippen molar-refractivity contribution in [2.24, 2.45) is 0 Å². The number of carbonyl (C=O) groups is 1. The summed E-state index contributed by atoms with van der Waals surface area (Å²) in [6.07, 6.45) is 0. The third-order valence-corrected chi connectivity index (χ3v) is 2.40. The second kappa shape index (κ2) is 5.39. The van der Waals surface area contributed by atoms with E-state index in [-0.39, 0.29) is 16.9 Å². The average molecular weight is 279 g/mol. The molecule has 0 fully saturated rings. The van der Waals surface area contributed by atoms with Crippen LogP contribution in [-0.2, 0) is 0 Å². The Morgan fingerprint density at radius 2 is 1.80 bits per heavy atom. The predicted octanol–water partition coefficient (Wildman–Crippen LogP) is 2.52. The van der Waals surface area contributed by atoms with Gasteiger partial charge in [-0.25, -0.2) is 0 Å². The number of amides is 1. The molecule has 0 aliphatic rings. The number of hydrogen-bond acceptors (Lipinski definition) is 4. The molecule has 1 aromatic heterocycles. The first-order valence-corrected chi connectivity index (χ1v) is 5.35. The maximum atomic E-state index is 13.2. The Hall–Kier alpha value is -2.90. The van der Waals surface area contributed by atoms with Crippen LogP contribution in [0.4, 0.5) is 20.2 Å². The third-order valence-electron chi connectivity index (χ3n) is 2.40. The molecular weight excluding hydrogens is 272 g/mol. The number of non-ortho nitro benzene ring substituents is 1. The highest BCUT2D eigenvalue weighted by atomic mass is 19.1. The monoisotopic (exact) mass is 279 g/mol. The number of rotatable bonds is 3. The number of benzene rings is 1. The van der Waals surface area contributed by atoms with Crippen molar-refractivity contribution >= 4 is 17.3 Å². The van der Waals surface area contributed by atoms with Crippen LogP contribution in [0.3, 0.4) is 0 Å². The molecule has 2 aromatic rings. The third kappa shape index (κ3) is 2.91. The lowest BCUT2D eigenvalue weighted by Crippen LogP contribution is -2.13. The second-order valence-electron chi connectivity index (χ2n) is 3.73. The molecule has 102 valence electrons. The predicted molar refractivity (Wildman–Crippen MR) is 65.2 cm³/mol. The van der Waals surface area contributed by atoms with Crippen LogP contribution in [0.25, 0.3) is 0 Å². The van der Waals surface area contributed by atoms with Gasteiger partial charge in [0.05, 0.1) is 10.6 Å². The first-order valence-electron chi connectivity index (χ1n) is 5.35. The maximum absolute atomic E-state index is 13.2. The summed E-state index contributed by atoms with van der Waals surface area (Å²) in [6, 6.07) is 6.67. The molecule has 1 amide bonds. The zero-order valence-electron chi connectivity index (χ0n) is 9.84. The van der Waals surface area contributed by atoms with Crippen molar-refractivity contribution in [3.63, 3.8) is 0 Å². The van der Waals surface area contributed by atoms with Gasteiger partial charge in [0, 0.05) is 17.7 Å². The number of nitro groups is 1. The Morgan fingerprint density at radius 3 is 2.35 bits per heavy atom. The fraction of sp³-hybridized carbons (Fsp3) is 0. The maximum Gasteiger partial charge on any atom is 0.269 e. The molecule has 0 aliphatic carbocycles. The number of aromatic nitrogens is 1. The van der Waals surface area contributed by atoms with E-state index in [2.05, 4.69) is 10.3 Å². The van der Waals surface area contributed by atoms with Crippen molar-refractivity contribution in [2.45, 2.75) is 0 Å². The molecule has 0 saturated heterocycles. The minimum absolute atomic E-state index is 0.0966. The zero-order valence-corrected chi connectivity index (χ0v) is 9.84. The zero-order chi connectivity index (χ0) is 14.7. The number of carbonyl (C=O) groups excluding carboxylic acids is 1. The highest BCUT2D eigenvalue weighted by molar-refractivity contribution is 6.04. The first kappa shape index (κ1) is 13.5. The van der Waals surface area contributed by atoms with E-state index >= 15 is 0 Å². The number of nitro benzene ring substituents is 1. The van der Waals surface area contributed by atoms with Gasteiger partial charge in [-0.05, 0) is 24.3 Å². The molecular formula is C12H7F2N3O3. The number of hydrogen-bond donors (Lipinski definition) is 1. The van der Waals surface area contributed by atoms with E-state index in [1.54, 1.807) is 0 Å². The average Bonchev–Trinajstić information content (AvgIpc) is 2.42. The fourth-order valence-electron chi connectivity index (χ4n) is 1.43. The van der Waals surface area contributed by atoms with Gasteiger partial charge in [0.15, 0.2) is 0 Å². The van der Waals surface area contributed by atoms with Crippen molar-refractivity contribution in [1.82, 2.24) is 4.98 Å². The molecule has 1 N–H and O–H groups in total. The molecule has 0 bridgehead atoms. The number of halogens is 2. The minimum Gasteiger partial charge on any atom is -0.318 e. The Bertz CT molecular complexity index is 674. The van der Waals surface area contributed by atoms with E-state index in [1.807, 2.05) is 0 Å².